The van der Waals surface area contributed by atoms with Crippen LogP contribution in [-0.2, 0) is 23.8 Å². The molecule has 2 aromatic rings. The summed E-state index contributed by atoms with van der Waals surface area (Å²) in [5.74, 6) is -1.32. The minimum atomic E-state index is -0.666. The van der Waals surface area contributed by atoms with Crippen molar-refractivity contribution in [2.75, 3.05) is 38.2 Å². The zero-order valence-corrected chi connectivity index (χ0v) is 14.3. The minimum absolute atomic E-state index is 0.0482. The summed E-state index contributed by atoms with van der Waals surface area (Å²) in [6.07, 6.45) is 3.22. The van der Waals surface area contributed by atoms with E-state index in [1.54, 1.807) is 23.1 Å². The van der Waals surface area contributed by atoms with Gasteiger partial charge in [-0.25, -0.2) is 14.3 Å². The lowest BCUT2D eigenvalue weighted by Crippen LogP contribution is -2.38. The average Bonchev–Trinajstić information content (AvgIpc) is 3.16. The van der Waals surface area contributed by atoms with E-state index in [9.17, 15) is 9.59 Å². The van der Waals surface area contributed by atoms with Gasteiger partial charge in [-0.3, -0.25) is 0 Å². The van der Waals surface area contributed by atoms with Crippen molar-refractivity contribution in [2.24, 2.45) is 0 Å². The van der Waals surface area contributed by atoms with Gasteiger partial charge in [0.05, 0.1) is 55.9 Å². The van der Waals surface area contributed by atoms with E-state index >= 15 is 0 Å². The number of ether oxygens (including phenoxy) is 3. The molecule has 1 aliphatic heterocycles. The number of carbonyl (C=O) groups is 2. The van der Waals surface area contributed by atoms with E-state index in [2.05, 4.69) is 5.10 Å². The zero-order chi connectivity index (χ0) is 18.7. The van der Waals surface area contributed by atoms with Crippen LogP contribution in [-0.4, -0.2) is 49.3 Å². The van der Waals surface area contributed by atoms with Gasteiger partial charge >= 0.3 is 11.9 Å². The fourth-order valence-corrected chi connectivity index (χ4v) is 2.63. The molecule has 1 aromatic carbocycles. The molecule has 1 aliphatic rings. The Morgan fingerprint density at radius 1 is 1.19 bits per heavy atom. The highest BCUT2D eigenvalue weighted by atomic mass is 16.5. The Hall–Kier alpha value is -3.33. The maximum Gasteiger partial charge on any atom is 0.355 e. The molecule has 136 valence electrons. The van der Waals surface area contributed by atoms with Crippen LogP contribution in [0.15, 0.2) is 47.9 Å². The van der Waals surface area contributed by atoms with E-state index in [-0.39, 0.29) is 24.6 Å². The first kappa shape index (κ1) is 17.5. The van der Waals surface area contributed by atoms with Crippen LogP contribution in [0.4, 0.5) is 11.4 Å². The van der Waals surface area contributed by atoms with Crippen LogP contribution < -0.4 is 10.6 Å². The normalized spacial score (nSPS) is 14.3. The molecule has 9 nitrogen and oxygen atoms in total. The Bertz CT molecular complexity index is 874. The van der Waals surface area contributed by atoms with Crippen molar-refractivity contribution in [1.82, 2.24) is 9.78 Å². The number of hydrogen-bond donors (Lipinski definition) is 1. The number of benzene rings is 1. The molecule has 3 rings (SSSR count). The number of nitrogen functional groups attached to an aromatic ring is 1. The quantitative estimate of drug-likeness (QED) is 0.633. The number of nitrogens with two attached hydrogens (primary N) is 1. The number of rotatable bonds is 4. The van der Waals surface area contributed by atoms with Crippen molar-refractivity contribution < 1.29 is 23.8 Å². The van der Waals surface area contributed by atoms with Gasteiger partial charge in [0.2, 0.25) is 0 Å². The van der Waals surface area contributed by atoms with Crippen molar-refractivity contribution in [1.29, 1.82) is 0 Å². The lowest BCUT2D eigenvalue weighted by atomic mass is 10.1. The second kappa shape index (κ2) is 7.28. The van der Waals surface area contributed by atoms with Gasteiger partial charge < -0.3 is 24.8 Å². The van der Waals surface area contributed by atoms with Crippen molar-refractivity contribution in [3.05, 3.63) is 47.9 Å². The number of esters is 2. The minimum Gasteiger partial charge on any atom is -0.466 e. The Balaban J connectivity index is 2.03. The largest absolute Gasteiger partial charge is 0.466 e. The van der Waals surface area contributed by atoms with E-state index in [1.807, 2.05) is 18.2 Å². The fourth-order valence-electron chi connectivity index (χ4n) is 2.63. The molecule has 0 amide bonds. The van der Waals surface area contributed by atoms with Gasteiger partial charge in [0.1, 0.15) is 12.4 Å². The van der Waals surface area contributed by atoms with E-state index in [1.165, 1.54) is 19.1 Å². The molecule has 9 heteroatoms. The van der Waals surface area contributed by atoms with E-state index in [4.69, 9.17) is 19.9 Å². The van der Waals surface area contributed by atoms with Gasteiger partial charge in [-0.1, -0.05) is 12.1 Å². The highest BCUT2D eigenvalue weighted by Crippen LogP contribution is 2.27. The summed E-state index contributed by atoms with van der Waals surface area (Å²) in [7, 11) is 2.48. The molecular weight excluding hydrogens is 340 g/mol. The number of carbonyl (C=O) groups excluding carboxylic acids is 2. The first-order chi connectivity index (χ1) is 12.6. The SMILES string of the molecule is COC(=O)C1=C(C(=O)OC)N(c2cnn(-c3ccccc3N)c2)COC1. The Labute approximate surface area is 149 Å². The van der Waals surface area contributed by atoms with Crippen molar-refractivity contribution in [3.8, 4) is 5.69 Å². The average molecular weight is 358 g/mol. The van der Waals surface area contributed by atoms with E-state index in [0.29, 0.717) is 17.1 Å². The van der Waals surface area contributed by atoms with Gasteiger partial charge in [-0.15, -0.1) is 0 Å². The zero-order valence-electron chi connectivity index (χ0n) is 14.3. The van der Waals surface area contributed by atoms with Crippen LogP contribution in [0.25, 0.3) is 5.69 Å². The third-order valence-electron chi connectivity index (χ3n) is 3.90. The highest BCUT2D eigenvalue weighted by molar-refractivity contribution is 6.03. The van der Waals surface area contributed by atoms with Crippen molar-refractivity contribution in [2.45, 2.75) is 0 Å². The maximum absolute atomic E-state index is 12.3. The van der Waals surface area contributed by atoms with Crippen LogP contribution in [0.2, 0.25) is 0 Å². The second-order valence-corrected chi connectivity index (χ2v) is 5.42. The molecule has 0 bridgehead atoms. The summed E-state index contributed by atoms with van der Waals surface area (Å²) < 4.78 is 16.6. The highest BCUT2D eigenvalue weighted by Gasteiger charge is 2.33. The summed E-state index contributed by atoms with van der Waals surface area (Å²) in [6, 6.07) is 7.24. The van der Waals surface area contributed by atoms with Gasteiger partial charge in [0.15, 0.2) is 0 Å². The molecule has 26 heavy (non-hydrogen) atoms. The Kier molecular flexibility index (Phi) is 4.90. The number of aromatic nitrogens is 2. The summed E-state index contributed by atoms with van der Waals surface area (Å²) in [5, 5.41) is 4.28. The molecule has 2 N–H and O–H groups in total. The molecular formula is C17H18N4O5. The maximum atomic E-state index is 12.3. The molecule has 0 unspecified atom stereocenters. The van der Waals surface area contributed by atoms with Crippen LogP contribution in [0, 0.1) is 0 Å². The lowest BCUT2D eigenvalue weighted by molar-refractivity contribution is -0.140. The number of methoxy groups -OCH3 is 2. The third kappa shape index (κ3) is 3.11. The molecule has 0 saturated heterocycles. The van der Waals surface area contributed by atoms with E-state index < -0.39 is 11.9 Å². The summed E-state index contributed by atoms with van der Waals surface area (Å²) >= 11 is 0. The van der Waals surface area contributed by atoms with Crippen molar-refractivity contribution >= 4 is 23.3 Å². The number of nitrogens with zero attached hydrogens (tertiary/aromatic N) is 3. The summed E-state index contributed by atoms with van der Waals surface area (Å²) in [5.41, 5.74) is 7.89. The molecule has 0 spiro atoms. The van der Waals surface area contributed by atoms with Crippen LogP contribution >= 0.6 is 0 Å². The summed E-state index contributed by atoms with van der Waals surface area (Å²) in [6.45, 7) is 0.00820. The number of anilines is 2. The molecule has 2 heterocycles. The molecule has 0 atom stereocenters. The predicted molar refractivity (Wildman–Crippen MR) is 92.3 cm³/mol. The smallest absolute Gasteiger partial charge is 0.355 e. The molecule has 0 radical (unpaired) electrons. The monoisotopic (exact) mass is 358 g/mol. The Morgan fingerprint density at radius 2 is 1.92 bits per heavy atom. The third-order valence-corrected chi connectivity index (χ3v) is 3.90. The van der Waals surface area contributed by atoms with Crippen LogP contribution in [0.3, 0.4) is 0 Å². The molecule has 0 saturated carbocycles. The molecule has 1 aromatic heterocycles. The number of para-hydroxylation sites is 2. The van der Waals surface area contributed by atoms with E-state index in [0.717, 1.165) is 0 Å². The molecule has 0 fully saturated rings. The van der Waals surface area contributed by atoms with Gasteiger partial charge in [-0.05, 0) is 12.1 Å². The molecule has 0 aliphatic carbocycles. The van der Waals surface area contributed by atoms with Crippen LogP contribution in [0.5, 0.6) is 0 Å². The van der Waals surface area contributed by atoms with Crippen LogP contribution in [0.1, 0.15) is 0 Å². The van der Waals surface area contributed by atoms with Gasteiger partial charge in [-0.2, -0.15) is 5.10 Å². The van der Waals surface area contributed by atoms with Gasteiger partial charge in [0.25, 0.3) is 0 Å². The standard InChI is InChI=1S/C17H18N4O5/c1-24-16(22)12-9-26-10-20(15(12)17(23)25-2)11-7-19-21(8-11)14-6-4-3-5-13(14)18/h3-8H,9-10,18H2,1-2H3. The van der Waals surface area contributed by atoms with Crippen molar-refractivity contribution in [3.63, 3.8) is 0 Å². The lowest BCUT2D eigenvalue weighted by Gasteiger charge is -2.30. The van der Waals surface area contributed by atoms with Gasteiger partial charge in [0, 0.05) is 0 Å². The second-order valence-electron chi connectivity index (χ2n) is 5.42. The Morgan fingerprint density at radius 3 is 2.62 bits per heavy atom. The summed E-state index contributed by atoms with van der Waals surface area (Å²) in [4.78, 5) is 25.8. The first-order valence-corrected chi connectivity index (χ1v) is 7.71. The predicted octanol–water partition coefficient (Wildman–Crippen LogP) is 0.849. The fraction of sp³-hybridized carbons (Fsp3) is 0.235. The number of hydrogen-bond acceptors (Lipinski definition) is 8. The first-order valence-electron chi connectivity index (χ1n) is 7.71. The topological polar surface area (TPSA) is 109 Å².